The molecule has 0 aliphatic rings. The zero-order chi connectivity index (χ0) is 26.5. The molecule has 4 rings (SSSR count). The molecule has 2 aromatic carbocycles. The number of aromatic nitrogens is 2. The molecule has 1 atom stereocenters. The molecule has 0 saturated carbocycles. The van der Waals surface area contributed by atoms with Crippen molar-refractivity contribution in [2.24, 2.45) is 12.0 Å². The number of aryl methyl sites for hydroxylation is 3. The number of aliphatic imine (C=N–C) groups is 1. The Kier molecular flexibility index (Phi) is 8.04. The number of guanidine groups is 1. The van der Waals surface area contributed by atoms with Gasteiger partial charge in [0.2, 0.25) is 0 Å². The van der Waals surface area contributed by atoms with Crippen molar-refractivity contribution in [2.45, 2.75) is 46.3 Å². The average Bonchev–Trinajstić information content (AvgIpc) is 2.91. The van der Waals surface area contributed by atoms with E-state index in [1.807, 2.05) is 74.6 Å². The second-order valence-corrected chi connectivity index (χ2v) is 9.42. The maximum atomic E-state index is 13.3. The van der Waals surface area contributed by atoms with Crippen molar-refractivity contribution in [3.05, 3.63) is 93.5 Å². The molecule has 0 bridgehead atoms. The van der Waals surface area contributed by atoms with Crippen LogP contribution in [0.25, 0.3) is 22.0 Å². The SMILES string of the molecule is CCCC(NC(=NC)Nc1ccc(C)c(-c2cc3cnc(C)cc3n(C)c2=O)c1)c1ccc(CO)cc1. The molecule has 4 aromatic rings. The molecular formula is C30H35N5O2. The molecule has 3 N–H and O–H groups in total. The molecule has 0 spiro atoms. The fraction of sp³-hybridized carbons (Fsp3) is 0.300. The predicted molar refractivity (Wildman–Crippen MR) is 152 cm³/mol. The van der Waals surface area contributed by atoms with Gasteiger partial charge >= 0.3 is 0 Å². The van der Waals surface area contributed by atoms with Crippen LogP contribution < -0.4 is 16.2 Å². The summed E-state index contributed by atoms with van der Waals surface area (Å²) in [5.74, 6) is 0.644. The van der Waals surface area contributed by atoms with Crippen LogP contribution in [0.2, 0.25) is 0 Å². The molecule has 2 aromatic heterocycles. The van der Waals surface area contributed by atoms with Gasteiger partial charge in [0.05, 0.1) is 18.2 Å². The highest BCUT2D eigenvalue weighted by atomic mass is 16.3. The van der Waals surface area contributed by atoms with Crippen LogP contribution in [0, 0.1) is 13.8 Å². The Hall–Kier alpha value is -3.97. The van der Waals surface area contributed by atoms with E-state index in [0.717, 1.165) is 57.4 Å². The van der Waals surface area contributed by atoms with Gasteiger partial charge in [-0.3, -0.25) is 14.8 Å². The van der Waals surface area contributed by atoms with Gasteiger partial charge in [0.1, 0.15) is 0 Å². The molecule has 2 heterocycles. The number of aliphatic hydroxyl groups is 1. The van der Waals surface area contributed by atoms with E-state index in [1.54, 1.807) is 18.7 Å². The highest BCUT2D eigenvalue weighted by molar-refractivity contribution is 5.95. The molecule has 0 fully saturated rings. The lowest BCUT2D eigenvalue weighted by molar-refractivity contribution is 0.282. The van der Waals surface area contributed by atoms with Crippen molar-refractivity contribution in [3.8, 4) is 11.1 Å². The highest BCUT2D eigenvalue weighted by Gasteiger charge is 2.15. The Morgan fingerprint density at radius 1 is 1.08 bits per heavy atom. The van der Waals surface area contributed by atoms with Crippen LogP contribution in [-0.2, 0) is 13.7 Å². The molecule has 0 aliphatic carbocycles. The summed E-state index contributed by atoms with van der Waals surface area (Å²) in [5, 5.41) is 17.2. The van der Waals surface area contributed by atoms with E-state index in [1.165, 1.54) is 0 Å². The Morgan fingerprint density at radius 2 is 1.84 bits per heavy atom. The zero-order valence-corrected chi connectivity index (χ0v) is 22.2. The smallest absolute Gasteiger partial charge is 0.258 e. The van der Waals surface area contributed by atoms with Crippen molar-refractivity contribution in [2.75, 3.05) is 12.4 Å². The minimum atomic E-state index is -0.0461. The fourth-order valence-electron chi connectivity index (χ4n) is 4.57. The molecular weight excluding hydrogens is 462 g/mol. The van der Waals surface area contributed by atoms with E-state index < -0.39 is 0 Å². The minimum Gasteiger partial charge on any atom is -0.392 e. The highest BCUT2D eigenvalue weighted by Crippen LogP contribution is 2.27. The molecule has 0 radical (unpaired) electrons. The number of anilines is 1. The Labute approximate surface area is 217 Å². The lowest BCUT2D eigenvalue weighted by atomic mass is 9.99. The fourth-order valence-corrected chi connectivity index (χ4v) is 4.57. The van der Waals surface area contributed by atoms with E-state index in [0.29, 0.717) is 11.5 Å². The number of benzene rings is 2. The van der Waals surface area contributed by atoms with Gasteiger partial charge in [-0.2, -0.15) is 0 Å². The largest absolute Gasteiger partial charge is 0.392 e. The third kappa shape index (κ3) is 5.73. The normalized spacial score (nSPS) is 12.5. The number of nitrogens with one attached hydrogen (secondary N) is 2. The number of aliphatic hydroxyl groups excluding tert-OH is 1. The number of nitrogens with zero attached hydrogens (tertiary/aromatic N) is 3. The van der Waals surface area contributed by atoms with Crippen molar-refractivity contribution < 1.29 is 5.11 Å². The zero-order valence-electron chi connectivity index (χ0n) is 22.2. The summed E-state index contributed by atoms with van der Waals surface area (Å²) < 4.78 is 1.69. The van der Waals surface area contributed by atoms with Crippen LogP contribution in [-0.4, -0.2) is 27.7 Å². The van der Waals surface area contributed by atoms with Crippen LogP contribution in [0.1, 0.15) is 48.2 Å². The van der Waals surface area contributed by atoms with E-state index in [9.17, 15) is 9.90 Å². The third-order valence-corrected chi connectivity index (χ3v) is 6.71. The second kappa shape index (κ2) is 11.4. The predicted octanol–water partition coefficient (Wildman–Crippen LogP) is 5.24. The van der Waals surface area contributed by atoms with E-state index >= 15 is 0 Å². The third-order valence-electron chi connectivity index (χ3n) is 6.71. The summed E-state index contributed by atoms with van der Waals surface area (Å²) in [5.41, 5.74) is 7.08. The monoisotopic (exact) mass is 497 g/mol. The molecule has 37 heavy (non-hydrogen) atoms. The number of hydrogen-bond donors (Lipinski definition) is 3. The molecule has 1 unspecified atom stereocenters. The van der Waals surface area contributed by atoms with Crippen LogP contribution in [0.5, 0.6) is 0 Å². The van der Waals surface area contributed by atoms with Gasteiger partial charge in [0.15, 0.2) is 5.96 Å². The van der Waals surface area contributed by atoms with Crippen LogP contribution in [0.3, 0.4) is 0 Å². The van der Waals surface area contributed by atoms with Gasteiger partial charge in [-0.05, 0) is 66.8 Å². The van der Waals surface area contributed by atoms with Crippen molar-refractivity contribution in [1.82, 2.24) is 14.9 Å². The van der Waals surface area contributed by atoms with Gasteiger partial charge in [-0.25, -0.2) is 0 Å². The van der Waals surface area contributed by atoms with Crippen molar-refractivity contribution in [3.63, 3.8) is 0 Å². The second-order valence-electron chi connectivity index (χ2n) is 9.42. The van der Waals surface area contributed by atoms with E-state index in [2.05, 4.69) is 27.5 Å². The van der Waals surface area contributed by atoms with Crippen LogP contribution in [0.4, 0.5) is 5.69 Å². The summed E-state index contributed by atoms with van der Waals surface area (Å²) in [6.45, 7) is 6.12. The van der Waals surface area contributed by atoms with Gasteiger partial charge in [0.25, 0.3) is 5.56 Å². The van der Waals surface area contributed by atoms with Gasteiger partial charge in [-0.15, -0.1) is 0 Å². The first kappa shape index (κ1) is 26.1. The summed E-state index contributed by atoms with van der Waals surface area (Å²) in [6.07, 6.45) is 3.75. The van der Waals surface area contributed by atoms with Crippen LogP contribution >= 0.6 is 0 Å². The topological polar surface area (TPSA) is 91.5 Å². The molecule has 7 heteroatoms. The van der Waals surface area contributed by atoms with Crippen molar-refractivity contribution in [1.29, 1.82) is 0 Å². The Bertz CT molecular complexity index is 1490. The van der Waals surface area contributed by atoms with E-state index in [4.69, 9.17) is 0 Å². The first-order valence-electron chi connectivity index (χ1n) is 12.6. The maximum Gasteiger partial charge on any atom is 0.258 e. The number of hydrogen-bond acceptors (Lipinski definition) is 4. The van der Waals surface area contributed by atoms with Gasteiger partial charge < -0.3 is 20.3 Å². The lowest BCUT2D eigenvalue weighted by Gasteiger charge is -2.22. The Balaban J connectivity index is 1.64. The van der Waals surface area contributed by atoms with Gasteiger partial charge in [-0.1, -0.05) is 43.7 Å². The average molecular weight is 498 g/mol. The number of fused-ring (bicyclic) bond motifs is 1. The number of rotatable bonds is 7. The molecule has 0 amide bonds. The molecule has 0 aliphatic heterocycles. The molecule has 192 valence electrons. The quantitative estimate of drug-likeness (QED) is 0.240. The first-order valence-corrected chi connectivity index (χ1v) is 12.6. The first-order chi connectivity index (χ1) is 17.8. The molecule has 7 nitrogen and oxygen atoms in total. The number of pyridine rings is 2. The lowest BCUT2D eigenvalue weighted by Crippen LogP contribution is -2.34. The summed E-state index contributed by atoms with van der Waals surface area (Å²) in [4.78, 5) is 22.2. The maximum absolute atomic E-state index is 13.3. The summed E-state index contributed by atoms with van der Waals surface area (Å²) >= 11 is 0. The van der Waals surface area contributed by atoms with Gasteiger partial charge in [0, 0.05) is 42.6 Å². The minimum absolute atomic E-state index is 0.0294. The van der Waals surface area contributed by atoms with Crippen LogP contribution in [0.15, 0.2) is 70.6 Å². The Morgan fingerprint density at radius 3 is 2.51 bits per heavy atom. The van der Waals surface area contributed by atoms with E-state index in [-0.39, 0.29) is 18.2 Å². The standard InChI is InChI=1S/C30H35N5O2/c1-6-7-27(22-11-9-21(18-36)10-12-22)34-30(31-4)33-24-13-8-19(2)25(16-24)26-15-23-17-32-20(3)14-28(23)35(5)29(26)37/h8-17,27,36H,6-7,18H2,1-5H3,(H2,31,33,34). The van der Waals surface area contributed by atoms with Crippen molar-refractivity contribution >= 4 is 22.5 Å². The molecule has 0 saturated heterocycles. The summed E-state index contributed by atoms with van der Waals surface area (Å²) in [6, 6.07) is 17.9. The summed E-state index contributed by atoms with van der Waals surface area (Å²) in [7, 11) is 3.55.